The van der Waals surface area contributed by atoms with Crippen LogP contribution in [-0.2, 0) is 11.3 Å². The second-order valence-electron chi connectivity index (χ2n) is 4.87. The van der Waals surface area contributed by atoms with Gasteiger partial charge in [0.25, 0.3) is 0 Å². The van der Waals surface area contributed by atoms with E-state index in [1.54, 1.807) is 0 Å². The molecule has 2 heterocycles. The highest BCUT2D eigenvalue weighted by atomic mass is 16.4. The normalized spacial score (nSPS) is 11.5. The van der Waals surface area contributed by atoms with Gasteiger partial charge in [-0.2, -0.15) is 0 Å². The third kappa shape index (κ3) is 2.69. The van der Waals surface area contributed by atoms with Gasteiger partial charge in [-0.1, -0.05) is 13.8 Å². The summed E-state index contributed by atoms with van der Waals surface area (Å²) in [6.45, 7) is 3.75. The van der Waals surface area contributed by atoms with Gasteiger partial charge in [-0.25, -0.2) is 4.68 Å². The van der Waals surface area contributed by atoms with Crippen LogP contribution in [0, 0.1) is 5.41 Å². The van der Waals surface area contributed by atoms with Gasteiger partial charge in [-0.15, -0.1) is 5.10 Å². The molecule has 21 heavy (non-hydrogen) atoms. The van der Waals surface area contributed by atoms with E-state index in [1.165, 1.54) is 23.1 Å². The number of hydrogen-bond donors (Lipinski definition) is 2. The Kier molecular flexibility index (Phi) is 4.15. The van der Waals surface area contributed by atoms with Crippen molar-refractivity contribution in [2.75, 3.05) is 0 Å². The smallest absolute Gasteiger partial charge is 0.311 e. The van der Waals surface area contributed by atoms with Crippen molar-refractivity contribution >= 4 is 5.97 Å². The van der Waals surface area contributed by atoms with E-state index in [4.69, 9.17) is 0 Å². The largest absolute Gasteiger partial charge is 0.481 e. The second kappa shape index (κ2) is 5.86. The molecule has 0 aliphatic rings. The molecule has 8 heteroatoms. The van der Waals surface area contributed by atoms with Crippen LogP contribution in [0.1, 0.15) is 26.7 Å². The molecule has 0 spiro atoms. The maximum Gasteiger partial charge on any atom is 0.311 e. The number of H-pyrrole nitrogens is 1. The van der Waals surface area contributed by atoms with E-state index in [0.29, 0.717) is 18.4 Å². The van der Waals surface area contributed by atoms with Crippen LogP contribution in [0.5, 0.6) is 0 Å². The van der Waals surface area contributed by atoms with Crippen molar-refractivity contribution in [3.8, 4) is 11.4 Å². The van der Waals surface area contributed by atoms with E-state index in [2.05, 4.69) is 20.5 Å². The number of nitrogens with one attached hydrogen (secondary N) is 1. The Bertz CT molecular complexity index is 687. The molecule has 0 radical (unpaired) electrons. The molecule has 112 valence electrons. The predicted molar refractivity (Wildman–Crippen MR) is 74.5 cm³/mol. The fraction of sp³-hybridized carbons (Fsp3) is 0.462. The van der Waals surface area contributed by atoms with Crippen LogP contribution in [0.3, 0.4) is 0 Å². The third-order valence-electron chi connectivity index (χ3n) is 3.86. The lowest BCUT2D eigenvalue weighted by molar-refractivity contribution is -0.150. The van der Waals surface area contributed by atoms with Gasteiger partial charge in [-0.3, -0.25) is 9.59 Å². The highest BCUT2D eigenvalue weighted by molar-refractivity contribution is 5.74. The number of carboxylic acids is 1. The molecule has 2 aromatic heterocycles. The molecule has 0 fully saturated rings. The Morgan fingerprint density at radius 1 is 1.43 bits per heavy atom. The Morgan fingerprint density at radius 2 is 2.14 bits per heavy atom. The van der Waals surface area contributed by atoms with E-state index in [1.807, 2.05) is 13.8 Å². The van der Waals surface area contributed by atoms with Crippen LogP contribution in [0.4, 0.5) is 0 Å². The van der Waals surface area contributed by atoms with E-state index in [-0.39, 0.29) is 17.8 Å². The van der Waals surface area contributed by atoms with Gasteiger partial charge in [0, 0.05) is 18.5 Å². The van der Waals surface area contributed by atoms with Crippen LogP contribution in [0.25, 0.3) is 11.4 Å². The average Bonchev–Trinajstić information content (AvgIpc) is 2.92. The molecule has 0 saturated carbocycles. The van der Waals surface area contributed by atoms with Crippen molar-refractivity contribution in [1.82, 2.24) is 25.2 Å². The Balaban J connectivity index is 2.44. The monoisotopic (exact) mass is 291 g/mol. The molecule has 2 rings (SSSR count). The van der Waals surface area contributed by atoms with Crippen LogP contribution < -0.4 is 5.43 Å². The molecule has 0 saturated heterocycles. The molecule has 8 nitrogen and oxygen atoms in total. The lowest BCUT2D eigenvalue weighted by Crippen LogP contribution is -2.35. The molecule has 0 unspecified atom stereocenters. The average molecular weight is 291 g/mol. The van der Waals surface area contributed by atoms with Crippen molar-refractivity contribution < 1.29 is 9.90 Å². The van der Waals surface area contributed by atoms with Crippen molar-refractivity contribution in [3.63, 3.8) is 0 Å². The minimum atomic E-state index is -0.953. The maximum atomic E-state index is 11.9. The molecule has 0 aliphatic carbocycles. The number of tetrazole rings is 1. The third-order valence-corrected chi connectivity index (χ3v) is 3.86. The van der Waals surface area contributed by atoms with Crippen LogP contribution >= 0.6 is 0 Å². The number of nitrogens with zero attached hydrogens (tertiary/aromatic N) is 4. The van der Waals surface area contributed by atoms with Crippen molar-refractivity contribution in [1.29, 1.82) is 0 Å². The number of aromatic amines is 1. The summed E-state index contributed by atoms with van der Waals surface area (Å²) in [5.74, 6) is -0.625. The zero-order chi connectivity index (χ0) is 15.5. The van der Waals surface area contributed by atoms with Gasteiger partial charge in [0.1, 0.15) is 0 Å². The summed E-state index contributed by atoms with van der Waals surface area (Å²) in [6.07, 6.45) is 3.91. The van der Waals surface area contributed by atoms with E-state index >= 15 is 0 Å². The highest BCUT2D eigenvalue weighted by Crippen LogP contribution is 2.29. The van der Waals surface area contributed by atoms with Gasteiger partial charge in [0.2, 0.25) is 0 Å². The Hall–Kier alpha value is -2.51. The Morgan fingerprint density at radius 3 is 2.71 bits per heavy atom. The maximum absolute atomic E-state index is 11.9. The molecular weight excluding hydrogens is 274 g/mol. The summed E-state index contributed by atoms with van der Waals surface area (Å²) in [4.78, 5) is 26.2. The first-order chi connectivity index (χ1) is 10.0. The van der Waals surface area contributed by atoms with E-state index in [9.17, 15) is 14.7 Å². The molecule has 0 aromatic carbocycles. The van der Waals surface area contributed by atoms with Gasteiger partial charge >= 0.3 is 5.97 Å². The second-order valence-corrected chi connectivity index (χ2v) is 4.87. The van der Waals surface area contributed by atoms with Gasteiger partial charge in [-0.05, 0) is 23.3 Å². The highest BCUT2D eigenvalue weighted by Gasteiger charge is 2.36. The molecule has 0 bridgehead atoms. The van der Waals surface area contributed by atoms with Crippen molar-refractivity contribution in [2.45, 2.75) is 33.2 Å². The Labute approximate surface area is 120 Å². The minimum Gasteiger partial charge on any atom is -0.481 e. The summed E-state index contributed by atoms with van der Waals surface area (Å²) in [7, 11) is 0. The van der Waals surface area contributed by atoms with E-state index in [0.717, 1.165) is 0 Å². The molecule has 2 N–H and O–H groups in total. The number of aromatic nitrogens is 5. The molecule has 0 amide bonds. The van der Waals surface area contributed by atoms with Crippen LogP contribution in [0.2, 0.25) is 0 Å². The topological polar surface area (TPSA) is 114 Å². The zero-order valence-electron chi connectivity index (χ0n) is 11.9. The van der Waals surface area contributed by atoms with Gasteiger partial charge < -0.3 is 10.1 Å². The SMILES string of the molecule is CCC(CC)(Cn1nnnc1-c1c[nH]ccc1=O)C(=O)O. The van der Waals surface area contributed by atoms with Crippen LogP contribution in [0.15, 0.2) is 23.3 Å². The van der Waals surface area contributed by atoms with Crippen molar-refractivity contribution in [3.05, 3.63) is 28.7 Å². The molecule has 0 atom stereocenters. The summed E-state index contributed by atoms with van der Waals surface area (Å²) in [5.41, 5.74) is -0.862. The van der Waals surface area contributed by atoms with Crippen LogP contribution in [-0.4, -0.2) is 36.3 Å². The lowest BCUT2D eigenvalue weighted by Gasteiger charge is -2.26. The summed E-state index contributed by atoms with van der Waals surface area (Å²) in [5, 5.41) is 20.7. The number of carboxylic acid groups (broad SMARTS) is 1. The number of rotatable bonds is 6. The number of hydrogen-bond acceptors (Lipinski definition) is 5. The summed E-state index contributed by atoms with van der Waals surface area (Å²) < 4.78 is 1.38. The first kappa shape index (κ1) is 14.9. The molecule has 0 aliphatic heterocycles. The summed E-state index contributed by atoms with van der Waals surface area (Å²) in [6, 6.07) is 1.37. The summed E-state index contributed by atoms with van der Waals surface area (Å²) >= 11 is 0. The fourth-order valence-electron chi connectivity index (χ4n) is 2.23. The van der Waals surface area contributed by atoms with E-state index < -0.39 is 11.4 Å². The van der Waals surface area contributed by atoms with Crippen molar-refractivity contribution in [2.24, 2.45) is 5.41 Å². The minimum absolute atomic E-state index is 0.117. The quantitative estimate of drug-likeness (QED) is 0.818. The number of pyridine rings is 1. The standard InChI is InChI=1S/C13H17N5O3/c1-3-13(4-2,12(20)21)8-18-11(15-16-17-18)9-7-14-6-5-10(9)19/h5-7H,3-4,8H2,1-2H3,(H,14,19)(H,20,21). The van der Waals surface area contributed by atoms with Gasteiger partial charge in [0.15, 0.2) is 11.3 Å². The molecule has 2 aromatic rings. The van der Waals surface area contributed by atoms with Gasteiger partial charge in [0.05, 0.1) is 17.5 Å². The predicted octanol–water partition coefficient (Wildman–Crippen LogP) is 0.919. The first-order valence-electron chi connectivity index (χ1n) is 6.71. The fourth-order valence-corrected chi connectivity index (χ4v) is 2.23. The lowest BCUT2D eigenvalue weighted by atomic mass is 9.82. The number of aliphatic carboxylic acids is 1. The molecular formula is C13H17N5O3. The first-order valence-corrected chi connectivity index (χ1v) is 6.71. The number of carbonyl (C=O) groups is 1. The zero-order valence-corrected chi connectivity index (χ0v) is 11.9.